The van der Waals surface area contributed by atoms with Gasteiger partial charge in [0.15, 0.2) is 0 Å². The summed E-state index contributed by atoms with van der Waals surface area (Å²) in [7, 11) is 1.40. The third-order valence-electron chi connectivity index (χ3n) is 2.64. The van der Waals surface area contributed by atoms with E-state index in [0.29, 0.717) is 11.3 Å². The van der Waals surface area contributed by atoms with Crippen molar-refractivity contribution in [2.75, 3.05) is 13.7 Å². The number of carbonyl (C=O) groups excluding carboxylic acids is 1. The molecule has 4 N–H and O–H groups in total. The van der Waals surface area contributed by atoms with Crippen LogP contribution in [0, 0.1) is 0 Å². The van der Waals surface area contributed by atoms with E-state index in [-0.39, 0.29) is 0 Å². The number of carbonyl (C=O) groups is 1. The predicted octanol–water partition coefficient (Wildman–Crippen LogP) is 0.734. The third-order valence-corrected chi connectivity index (χ3v) is 2.64. The molecule has 2 atom stereocenters. The molecule has 0 aromatic heterocycles. The summed E-state index contributed by atoms with van der Waals surface area (Å²) in [6.45, 7) is -0.583. The van der Waals surface area contributed by atoms with Crippen LogP contribution in [0.2, 0.25) is 0 Å². The highest BCUT2D eigenvalue weighted by molar-refractivity contribution is 5.82. The smallest absolute Gasteiger partial charge is 0.471 e. The van der Waals surface area contributed by atoms with Gasteiger partial charge >= 0.3 is 12.1 Å². The van der Waals surface area contributed by atoms with Gasteiger partial charge in [-0.3, -0.25) is 4.79 Å². The Bertz CT molecular complexity index is 466. The summed E-state index contributed by atoms with van der Waals surface area (Å²) in [6, 6.07) is 3.82. The molecule has 0 bridgehead atoms. The molecule has 2 unspecified atom stereocenters. The second-order valence-corrected chi connectivity index (χ2v) is 4.07. The largest absolute Gasteiger partial charge is 0.497 e. The average molecular weight is 292 g/mol. The van der Waals surface area contributed by atoms with E-state index in [1.807, 2.05) is 0 Å². The monoisotopic (exact) mass is 292 g/mol. The van der Waals surface area contributed by atoms with Crippen molar-refractivity contribution in [2.45, 2.75) is 18.3 Å². The number of hydrogen-bond acceptors (Lipinski definition) is 4. The van der Waals surface area contributed by atoms with Crippen molar-refractivity contribution in [2.24, 2.45) is 5.73 Å². The molecule has 0 saturated heterocycles. The molecule has 20 heavy (non-hydrogen) atoms. The summed E-state index contributed by atoms with van der Waals surface area (Å²) >= 11 is 0. The summed E-state index contributed by atoms with van der Waals surface area (Å²) in [4.78, 5) is 11.0. The van der Waals surface area contributed by atoms with Gasteiger partial charge in [-0.2, -0.15) is 13.2 Å². The number of amides is 1. The first-order valence-corrected chi connectivity index (χ1v) is 5.67. The van der Waals surface area contributed by atoms with E-state index in [1.54, 1.807) is 17.4 Å². The lowest BCUT2D eigenvalue weighted by Gasteiger charge is -2.25. The van der Waals surface area contributed by atoms with Crippen molar-refractivity contribution >= 4 is 5.91 Å². The third kappa shape index (κ3) is 4.10. The maximum atomic E-state index is 12.3. The first kappa shape index (κ1) is 16.3. The van der Waals surface area contributed by atoms with E-state index < -0.39 is 30.8 Å². The normalized spacial score (nSPS) is 14.5. The van der Waals surface area contributed by atoms with Crippen LogP contribution in [0.1, 0.15) is 11.6 Å². The summed E-state index contributed by atoms with van der Waals surface area (Å²) < 4.78 is 41.8. The van der Waals surface area contributed by atoms with Crippen molar-refractivity contribution in [1.29, 1.82) is 0 Å². The molecule has 5 nitrogen and oxygen atoms in total. The molecule has 1 aromatic rings. The van der Waals surface area contributed by atoms with Crippen LogP contribution in [0.15, 0.2) is 24.3 Å². The lowest BCUT2D eigenvalue weighted by molar-refractivity contribution is -0.174. The van der Waals surface area contributed by atoms with Crippen LogP contribution in [0.3, 0.4) is 0 Å². The Morgan fingerprint density at radius 2 is 2.15 bits per heavy atom. The number of hydrogen-bond donors (Lipinski definition) is 3. The molecule has 0 aliphatic rings. The Hall–Kier alpha value is -1.80. The number of methoxy groups -OCH3 is 1. The van der Waals surface area contributed by atoms with Crippen LogP contribution in [-0.2, 0) is 4.79 Å². The van der Waals surface area contributed by atoms with Crippen molar-refractivity contribution in [1.82, 2.24) is 5.32 Å². The highest BCUT2D eigenvalue weighted by Gasteiger charge is 2.40. The molecule has 0 fully saturated rings. The molecular weight excluding hydrogens is 277 g/mol. The first-order valence-electron chi connectivity index (χ1n) is 5.67. The highest BCUT2D eigenvalue weighted by Crippen LogP contribution is 2.23. The molecule has 1 aromatic carbocycles. The lowest BCUT2D eigenvalue weighted by atomic mass is 10.00. The molecule has 0 heterocycles. The second-order valence-electron chi connectivity index (χ2n) is 4.07. The van der Waals surface area contributed by atoms with Crippen LogP contribution < -0.4 is 15.8 Å². The molecular formula is C12H15F3N2O3. The number of halogens is 3. The van der Waals surface area contributed by atoms with Crippen LogP contribution in [0.5, 0.6) is 5.75 Å². The lowest BCUT2D eigenvalue weighted by Crippen LogP contribution is -2.47. The zero-order valence-corrected chi connectivity index (χ0v) is 10.6. The Kier molecular flexibility index (Phi) is 5.34. The van der Waals surface area contributed by atoms with Gasteiger partial charge in [-0.05, 0) is 17.7 Å². The molecule has 1 amide bonds. The Balaban J connectivity index is 3.03. The van der Waals surface area contributed by atoms with Gasteiger partial charge in [0, 0.05) is 0 Å². The maximum Gasteiger partial charge on any atom is 0.471 e. The quantitative estimate of drug-likeness (QED) is 0.747. The predicted molar refractivity (Wildman–Crippen MR) is 65.0 cm³/mol. The standard InChI is InChI=1S/C12H15F3N2O3/c1-20-8-4-2-3-7(5-8)10(9(16)6-18)17-11(19)12(13,14)15/h2-5,9-10,18H,6,16H2,1H3,(H,17,19). The summed E-state index contributed by atoms with van der Waals surface area (Å²) in [5, 5.41) is 10.8. The van der Waals surface area contributed by atoms with Crippen LogP contribution in [0.4, 0.5) is 13.2 Å². The number of aliphatic hydroxyl groups is 1. The van der Waals surface area contributed by atoms with Crippen molar-refractivity contribution < 1.29 is 27.8 Å². The van der Waals surface area contributed by atoms with E-state index in [4.69, 9.17) is 15.6 Å². The molecule has 0 aliphatic heterocycles. The zero-order valence-electron chi connectivity index (χ0n) is 10.6. The maximum absolute atomic E-state index is 12.3. The Labute approximate surface area is 113 Å². The number of nitrogens with two attached hydrogens (primary N) is 1. The molecule has 0 aliphatic carbocycles. The van der Waals surface area contributed by atoms with Crippen LogP contribution >= 0.6 is 0 Å². The van der Waals surface area contributed by atoms with Gasteiger partial charge in [-0.1, -0.05) is 12.1 Å². The average Bonchev–Trinajstić information content (AvgIpc) is 2.42. The van der Waals surface area contributed by atoms with Crippen LogP contribution in [0.25, 0.3) is 0 Å². The van der Waals surface area contributed by atoms with Gasteiger partial charge in [0.1, 0.15) is 5.75 Å². The van der Waals surface area contributed by atoms with Gasteiger partial charge in [-0.25, -0.2) is 0 Å². The highest BCUT2D eigenvalue weighted by atomic mass is 19.4. The van der Waals surface area contributed by atoms with Gasteiger partial charge in [0.2, 0.25) is 0 Å². The molecule has 0 spiro atoms. The SMILES string of the molecule is COc1cccc(C(NC(=O)C(F)(F)F)C(N)CO)c1. The number of benzene rings is 1. The molecule has 112 valence electrons. The topological polar surface area (TPSA) is 84.6 Å². The summed E-state index contributed by atoms with van der Waals surface area (Å²) in [5.41, 5.74) is 5.87. The molecule has 1 rings (SSSR count). The molecule has 0 radical (unpaired) electrons. The number of ether oxygens (including phenoxy) is 1. The summed E-state index contributed by atoms with van der Waals surface area (Å²) in [5.74, 6) is -1.71. The molecule has 0 saturated carbocycles. The number of nitrogens with one attached hydrogen (secondary N) is 1. The van der Waals surface area contributed by atoms with Gasteiger partial charge in [-0.15, -0.1) is 0 Å². The van der Waals surface area contributed by atoms with E-state index >= 15 is 0 Å². The number of alkyl halides is 3. The van der Waals surface area contributed by atoms with Crippen molar-refractivity contribution in [3.8, 4) is 5.75 Å². The minimum absolute atomic E-state index is 0.309. The number of aliphatic hydroxyl groups excluding tert-OH is 1. The number of rotatable bonds is 5. The van der Waals surface area contributed by atoms with Crippen LogP contribution in [-0.4, -0.2) is 36.9 Å². The Morgan fingerprint density at radius 1 is 1.50 bits per heavy atom. The minimum atomic E-state index is -5.02. The van der Waals surface area contributed by atoms with E-state index in [0.717, 1.165) is 0 Å². The minimum Gasteiger partial charge on any atom is -0.497 e. The molecule has 8 heteroatoms. The zero-order chi connectivity index (χ0) is 15.3. The van der Waals surface area contributed by atoms with Gasteiger partial charge < -0.3 is 20.9 Å². The van der Waals surface area contributed by atoms with Crippen molar-refractivity contribution in [3.05, 3.63) is 29.8 Å². The second kappa shape index (κ2) is 6.58. The van der Waals surface area contributed by atoms with Gasteiger partial charge in [0.05, 0.1) is 25.8 Å². The van der Waals surface area contributed by atoms with E-state index in [2.05, 4.69) is 0 Å². The first-order chi connectivity index (χ1) is 9.29. The van der Waals surface area contributed by atoms with Crippen molar-refractivity contribution in [3.63, 3.8) is 0 Å². The fraction of sp³-hybridized carbons (Fsp3) is 0.417. The fourth-order valence-electron chi connectivity index (χ4n) is 1.60. The van der Waals surface area contributed by atoms with E-state index in [1.165, 1.54) is 19.2 Å². The van der Waals surface area contributed by atoms with E-state index in [9.17, 15) is 18.0 Å². The Morgan fingerprint density at radius 3 is 2.65 bits per heavy atom. The fourth-order valence-corrected chi connectivity index (χ4v) is 1.60. The van der Waals surface area contributed by atoms with Gasteiger partial charge in [0.25, 0.3) is 0 Å². The summed E-state index contributed by atoms with van der Waals surface area (Å²) in [6.07, 6.45) is -5.02.